The smallest absolute Gasteiger partial charge is 0.358 e. The molecule has 0 aliphatic carbocycles. The third kappa shape index (κ3) is 2.40. The summed E-state index contributed by atoms with van der Waals surface area (Å²) in [5.74, 6) is -0.506. The van der Waals surface area contributed by atoms with Gasteiger partial charge in [-0.15, -0.1) is 0 Å². The maximum atomic E-state index is 10.6. The zero-order chi connectivity index (χ0) is 11.5. The number of carboxylic acid groups (broad SMARTS) is 1. The molecule has 0 aromatic carbocycles. The van der Waals surface area contributed by atoms with Crippen LogP contribution in [0, 0.1) is 0 Å². The van der Waals surface area contributed by atoms with Gasteiger partial charge in [-0.2, -0.15) is 0 Å². The molecule has 0 spiro atoms. The molecule has 1 saturated heterocycles. The van der Waals surface area contributed by atoms with Crippen molar-refractivity contribution in [2.24, 2.45) is 0 Å². The predicted octanol–water partition coefficient (Wildman–Crippen LogP) is 0.594. The summed E-state index contributed by atoms with van der Waals surface area (Å²) in [4.78, 5) is 12.7. The fourth-order valence-electron chi connectivity index (χ4n) is 1.73. The number of nitrogens with zero attached hydrogens (tertiary/aromatic N) is 2. The van der Waals surface area contributed by atoms with Crippen LogP contribution < -0.4 is 0 Å². The van der Waals surface area contributed by atoms with E-state index >= 15 is 0 Å². The van der Waals surface area contributed by atoms with Crippen molar-refractivity contribution >= 4 is 5.97 Å². The van der Waals surface area contributed by atoms with Crippen LogP contribution in [0.3, 0.4) is 0 Å². The lowest BCUT2D eigenvalue weighted by molar-refractivity contribution is 0.0685. The highest BCUT2D eigenvalue weighted by molar-refractivity contribution is 5.85. The number of hydrogen-bond donors (Lipinski definition) is 1. The number of likely N-dealkylation sites (N-methyl/N-ethyl adjacent to an activating group) is 1. The van der Waals surface area contributed by atoms with E-state index in [1.165, 1.54) is 6.07 Å². The van der Waals surface area contributed by atoms with Gasteiger partial charge in [-0.1, -0.05) is 5.16 Å². The lowest BCUT2D eigenvalue weighted by Gasteiger charge is -2.20. The van der Waals surface area contributed by atoms with Gasteiger partial charge in [0.15, 0.2) is 11.5 Å². The summed E-state index contributed by atoms with van der Waals surface area (Å²) in [7, 11) is 1.96. The number of aromatic carboxylic acids is 1. The Balaban J connectivity index is 1.94. The molecular formula is C10H14N2O4. The summed E-state index contributed by atoms with van der Waals surface area (Å²) in [6.07, 6.45) is 0.996. The van der Waals surface area contributed by atoms with Crippen LogP contribution in [0.15, 0.2) is 10.6 Å². The van der Waals surface area contributed by atoms with E-state index in [1.807, 2.05) is 7.05 Å². The molecule has 2 rings (SSSR count). The van der Waals surface area contributed by atoms with Crippen molar-refractivity contribution in [3.63, 3.8) is 0 Å². The average Bonchev–Trinajstić information content (AvgIpc) is 2.87. The Labute approximate surface area is 92.8 Å². The first kappa shape index (κ1) is 11.1. The fraction of sp³-hybridized carbons (Fsp3) is 0.600. The Bertz CT molecular complexity index is 371. The number of rotatable bonds is 4. The van der Waals surface area contributed by atoms with Gasteiger partial charge in [0.25, 0.3) is 0 Å². The molecule has 88 valence electrons. The minimum Gasteiger partial charge on any atom is -0.476 e. The van der Waals surface area contributed by atoms with Crippen LogP contribution >= 0.6 is 0 Å². The van der Waals surface area contributed by atoms with Gasteiger partial charge < -0.3 is 14.4 Å². The van der Waals surface area contributed by atoms with E-state index in [9.17, 15) is 4.79 Å². The molecule has 6 nitrogen and oxygen atoms in total. The second-order valence-electron chi connectivity index (χ2n) is 3.92. The molecule has 0 bridgehead atoms. The summed E-state index contributed by atoms with van der Waals surface area (Å²) < 4.78 is 10.2. The highest BCUT2D eigenvalue weighted by Crippen LogP contribution is 2.14. The Morgan fingerprint density at radius 1 is 1.75 bits per heavy atom. The Hall–Kier alpha value is -1.40. The number of carbonyl (C=O) groups is 1. The van der Waals surface area contributed by atoms with Crippen LogP contribution in [-0.2, 0) is 11.3 Å². The largest absolute Gasteiger partial charge is 0.476 e. The van der Waals surface area contributed by atoms with Crippen LogP contribution in [0.4, 0.5) is 0 Å². The van der Waals surface area contributed by atoms with E-state index in [1.54, 1.807) is 0 Å². The van der Waals surface area contributed by atoms with E-state index in [4.69, 9.17) is 14.4 Å². The van der Waals surface area contributed by atoms with E-state index in [0.29, 0.717) is 18.3 Å². The van der Waals surface area contributed by atoms with Crippen molar-refractivity contribution in [2.75, 3.05) is 20.3 Å². The first-order valence-electron chi connectivity index (χ1n) is 5.13. The second kappa shape index (κ2) is 4.63. The van der Waals surface area contributed by atoms with Crippen molar-refractivity contribution < 1.29 is 19.2 Å². The van der Waals surface area contributed by atoms with Gasteiger partial charge >= 0.3 is 5.97 Å². The molecule has 16 heavy (non-hydrogen) atoms. The van der Waals surface area contributed by atoms with Crippen molar-refractivity contribution in [1.82, 2.24) is 10.1 Å². The van der Waals surface area contributed by atoms with E-state index in [2.05, 4.69) is 10.1 Å². The third-order valence-corrected chi connectivity index (χ3v) is 2.71. The molecule has 0 saturated carbocycles. The molecule has 1 atom stereocenters. The van der Waals surface area contributed by atoms with Gasteiger partial charge in [0.1, 0.15) is 0 Å². The topological polar surface area (TPSA) is 75.8 Å². The minimum absolute atomic E-state index is 0.0499. The quantitative estimate of drug-likeness (QED) is 0.810. The Kier molecular flexibility index (Phi) is 3.21. The fourth-order valence-corrected chi connectivity index (χ4v) is 1.73. The summed E-state index contributed by atoms with van der Waals surface area (Å²) in [6.45, 7) is 2.05. The molecule has 1 aromatic heterocycles. The Morgan fingerprint density at radius 2 is 2.56 bits per heavy atom. The third-order valence-electron chi connectivity index (χ3n) is 2.71. The van der Waals surface area contributed by atoms with Crippen molar-refractivity contribution in [3.05, 3.63) is 17.5 Å². The van der Waals surface area contributed by atoms with E-state index in [0.717, 1.165) is 19.6 Å². The number of carboxylic acids is 1. The molecule has 1 aliphatic heterocycles. The summed E-state index contributed by atoms with van der Waals surface area (Å²) in [5.41, 5.74) is -0.0499. The molecule has 2 heterocycles. The molecule has 0 amide bonds. The van der Waals surface area contributed by atoms with Gasteiger partial charge in [-0.25, -0.2) is 4.79 Å². The SMILES string of the molecule is CN(Cc1cc(C(=O)O)no1)C1CCOC1. The molecule has 6 heteroatoms. The van der Waals surface area contributed by atoms with Crippen LogP contribution in [-0.4, -0.2) is 47.4 Å². The number of ether oxygens (including phenoxy) is 1. The lowest BCUT2D eigenvalue weighted by atomic mass is 10.2. The predicted molar refractivity (Wildman–Crippen MR) is 54.2 cm³/mol. The Morgan fingerprint density at radius 3 is 3.12 bits per heavy atom. The highest BCUT2D eigenvalue weighted by atomic mass is 16.5. The molecule has 1 fully saturated rings. The van der Waals surface area contributed by atoms with Gasteiger partial charge in [-0.05, 0) is 13.5 Å². The molecule has 1 aromatic rings. The molecule has 1 aliphatic rings. The van der Waals surface area contributed by atoms with Crippen molar-refractivity contribution in [3.8, 4) is 0 Å². The number of aromatic nitrogens is 1. The summed E-state index contributed by atoms with van der Waals surface area (Å²) in [5, 5.41) is 12.2. The normalized spacial score (nSPS) is 20.5. The molecular weight excluding hydrogens is 212 g/mol. The maximum absolute atomic E-state index is 10.6. The van der Waals surface area contributed by atoms with Crippen LogP contribution in [0.25, 0.3) is 0 Å². The first-order valence-corrected chi connectivity index (χ1v) is 5.13. The molecule has 0 radical (unpaired) electrons. The first-order chi connectivity index (χ1) is 7.66. The van der Waals surface area contributed by atoms with Gasteiger partial charge in [0.2, 0.25) is 0 Å². The zero-order valence-corrected chi connectivity index (χ0v) is 9.05. The van der Waals surface area contributed by atoms with Crippen LogP contribution in [0.1, 0.15) is 22.7 Å². The summed E-state index contributed by atoms with van der Waals surface area (Å²) >= 11 is 0. The van der Waals surface area contributed by atoms with Gasteiger partial charge in [0.05, 0.1) is 13.2 Å². The zero-order valence-electron chi connectivity index (χ0n) is 9.05. The summed E-state index contributed by atoms with van der Waals surface area (Å²) in [6, 6.07) is 1.83. The van der Waals surface area contributed by atoms with E-state index < -0.39 is 5.97 Å². The maximum Gasteiger partial charge on any atom is 0.358 e. The average molecular weight is 226 g/mol. The lowest BCUT2D eigenvalue weighted by Crippen LogP contribution is -2.31. The van der Waals surface area contributed by atoms with Crippen molar-refractivity contribution in [1.29, 1.82) is 0 Å². The minimum atomic E-state index is -1.07. The van der Waals surface area contributed by atoms with Gasteiger partial charge in [0, 0.05) is 18.7 Å². The highest BCUT2D eigenvalue weighted by Gasteiger charge is 2.21. The monoisotopic (exact) mass is 226 g/mol. The standard InChI is InChI=1S/C10H14N2O4/c1-12(7-2-3-15-6-7)5-8-4-9(10(13)14)11-16-8/h4,7H,2-3,5-6H2,1H3,(H,13,14). The number of hydrogen-bond acceptors (Lipinski definition) is 5. The van der Waals surface area contributed by atoms with Crippen molar-refractivity contribution in [2.45, 2.75) is 19.0 Å². The second-order valence-corrected chi connectivity index (χ2v) is 3.92. The van der Waals surface area contributed by atoms with Gasteiger partial charge in [-0.3, -0.25) is 4.90 Å². The van der Waals surface area contributed by atoms with Crippen LogP contribution in [0.5, 0.6) is 0 Å². The molecule has 1 unspecified atom stereocenters. The van der Waals surface area contributed by atoms with Crippen LogP contribution in [0.2, 0.25) is 0 Å². The molecule has 1 N–H and O–H groups in total. The van der Waals surface area contributed by atoms with E-state index in [-0.39, 0.29) is 5.69 Å².